The number of hydrogen-bond donors (Lipinski definition) is 3. The van der Waals surface area contributed by atoms with Gasteiger partial charge in [-0.1, -0.05) is 29.5 Å². The summed E-state index contributed by atoms with van der Waals surface area (Å²) >= 11 is 7.95. The summed E-state index contributed by atoms with van der Waals surface area (Å²) in [5, 5.41) is 9.68. The highest BCUT2D eigenvalue weighted by atomic mass is 35.5. The van der Waals surface area contributed by atoms with Crippen LogP contribution in [0.15, 0.2) is 55.0 Å². The van der Waals surface area contributed by atoms with Gasteiger partial charge in [0.15, 0.2) is 5.82 Å². The normalized spacial score (nSPS) is 16.6. The highest BCUT2D eigenvalue weighted by molar-refractivity contribution is 7.20. The molecule has 4 heterocycles. The third kappa shape index (κ3) is 6.27. The Kier molecular flexibility index (Phi) is 7.65. The Balaban J connectivity index is 1.27. The van der Waals surface area contributed by atoms with Crippen molar-refractivity contribution in [1.82, 2.24) is 25.6 Å². The molecule has 1 amide bonds. The van der Waals surface area contributed by atoms with Crippen molar-refractivity contribution in [3.05, 3.63) is 64.9 Å². The van der Waals surface area contributed by atoms with E-state index in [9.17, 15) is 4.79 Å². The van der Waals surface area contributed by atoms with Gasteiger partial charge >= 0.3 is 6.09 Å². The van der Waals surface area contributed by atoms with E-state index in [0.29, 0.717) is 42.0 Å². The van der Waals surface area contributed by atoms with Crippen LogP contribution in [-0.4, -0.2) is 46.3 Å². The second-order valence-electron chi connectivity index (χ2n) is 8.11. The summed E-state index contributed by atoms with van der Waals surface area (Å²) in [6.07, 6.45) is 3.22. The third-order valence-corrected chi connectivity index (χ3v) is 6.75. The Morgan fingerprint density at radius 1 is 1.24 bits per heavy atom. The number of anilines is 2. The molecule has 0 bridgehead atoms. The maximum absolute atomic E-state index is 11.6. The molecule has 4 aromatic rings. The summed E-state index contributed by atoms with van der Waals surface area (Å²) in [7, 11) is 0. The van der Waals surface area contributed by atoms with E-state index in [-0.39, 0.29) is 12.1 Å². The van der Waals surface area contributed by atoms with E-state index in [0.717, 1.165) is 20.8 Å². The lowest BCUT2D eigenvalue weighted by atomic mass is 10.2. The van der Waals surface area contributed by atoms with Crippen LogP contribution in [0.5, 0.6) is 11.6 Å². The number of hydrogen-bond acceptors (Lipinski definition) is 9. The maximum atomic E-state index is 11.6. The number of nitrogens with zero attached hydrogens (tertiary/aromatic N) is 3. The summed E-state index contributed by atoms with van der Waals surface area (Å²) < 4.78 is 12.0. The quantitative estimate of drug-likeness (QED) is 0.293. The molecule has 0 spiro atoms. The molecule has 1 saturated heterocycles. The van der Waals surface area contributed by atoms with Crippen LogP contribution in [0, 0.1) is 11.8 Å². The summed E-state index contributed by atoms with van der Waals surface area (Å²) in [4.78, 5) is 25.4. The molecule has 1 aliphatic rings. The summed E-state index contributed by atoms with van der Waals surface area (Å²) in [6, 6.07) is 12.7. The number of carbonyl (C=O) groups excluding carboxylic acids is 1. The smallest absolute Gasteiger partial charge is 0.407 e. The van der Waals surface area contributed by atoms with Crippen LogP contribution >= 0.6 is 22.9 Å². The monoisotopic (exact) mass is 534 g/mol. The Hall–Kier alpha value is -3.91. The molecule has 11 heteroatoms. The van der Waals surface area contributed by atoms with Crippen molar-refractivity contribution < 1.29 is 14.3 Å². The number of halogens is 1. The minimum Gasteiger partial charge on any atom is -0.445 e. The van der Waals surface area contributed by atoms with Gasteiger partial charge in [0.25, 0.3) is 0 Å². The van der Waals surface area contributed by atoms with E-state index >= 15 is 0 Å². The fourth-order valence-electron chi connectivity index (χ4n) is 3.72. The number of carbonyl (C=O) groups is 1. The van der Waals surface area contributed by atoms with Gasteiger partial charge in [0.2, 0.25) is 5.88 Å². The standard InChI is InChI=1S/C26H23ClN6O3S/c1-2-28-26(34)35-18-11-16(30-14-18)6-8-19-13-21-24(37-19)25(32-15-31-21)33-17-7-9-22(20(27)12-17)36-23-5-3-4-10-29-23/h3-5,7,9-10,12-13,15-16,18,30H,2,11,14H2,1H3,(H,28,34)(H,31,32,33). The van der Waals surface area contributed by atoms with E-state index in [2.05, 4.69) is 42.7 Å². The van der Waals surface area contributed by atoms with Gasteiger partial charge in [-0.05, 0) is 37.3 Å². The Morgan fingerprint density at radius 3 is 2.97 bits per heavy atom. The number of benzene rings is 1. The van der Waals surface area contributed by atoms with Crippen LogP contribution in [0.2, 0.25) is 5.02 Å². The van der Waals surface area contributed by atoms with Gasteiger partial charge in [0.1, 0.15) is 18.2 Å². The molecule has 0 aliphatic carbocycles. The van der Waals surface area contributed by atoms with Crippen molar-refractivity contribution in [1.29, 1.82) is 0 Å². The zero-order valence-electron chi connectivity index (χ0n) is 19.8. The highest BCUT2D eigenvalue weighted by Gasteiger charge is 2.25. The molecule has 9 nitrogen and oxygen atoms in total. The lowest BCUT2D eigenvalue weighted by Crippen LogP contribution is -2.29. The van der Waals surface area contributed by atoms with Crippen molar-refractivity contribution >= 4 is 50.8 Å². The van der Waals surface area contributed by atoms with Gasteiger partial charge in [0.05, 0.1) is 26.2 Å². The predicted molar refractivity (Wildman–Crippen MR) is 144 cm³/mol. The van der Waals surface area contributed by atoms with Gasteiger partial charge in [-0.3, -0.25) is 5.32 Å². The van der Waals surface area contributed by atoms with E-state index in [1.54, 1.807) is 24.4 Å². The highest BCUT2D eigenvalue weighted by Crippen LogP contribution is 2.34. The van der Waals surface area contributed by atoms with Crippen molar-refractivity contribution in [3.63, 3.8) is 0 Å². The first-order valence-electron chi connectivity index (χ1n) is 11.7. The number of amides is 1. The first kappa shape index (κ1) is 24.8. The zero-order valence-corrected chi connectivity index (χ0v) is 21.4. The minimum atomic E-state index is -0.400. The number of nitrogens with one attached hydrogen (secondary N) is 3. The van der Waals surface area contributed by atoms with Gasteiger partial charge in [-0.2, -0.15) is 0 Å². The molecule has 5 rings (SSSR count). The number of pyridine rings is 1. The molecule has 188 valence electrons. The van der Waals surface area contributed by atoms with Gasteiger partial charge in [0, 0.05) is 37.5 Å². The summed E-state index contributed by atoms with van der Waals surface area (Å²) in [5.74, 6) is 8.08. The second-order valence-corrected chi connectivity index (χ2v) is 9.57. The minimum absolute atomic E-state index is 0.0534. The fraction of sp³-hybridized carbons (Fsp3) is 0.231. The molecule has 3 N–H and O–H groups in total. The number of ether oxygens (including phenoxy) is 2. The molecular weight excluding hydrogens is 512 g/mol. The fourth-order valence-corrected chi connectivity index (χ4v) is 4.86. The van der Waals surface area contributed by atoms with E-state index in [4.69, 9.17) is 21.1 Å². The lowest BCUT2D eigenvalue weighted by molar-refractivity contribution is 0.107. The summed E-state index contributed by atoms with van der Waals surface area (Å²) in [6.45, 7) is 2.97. The molecule has 2 atom stereocenters. The number of rotatable bonds is 6. The van der Waals surface area contributed by atoms with Gasteiger partial charge < -0.3 is 20.1 Å². The van der Waals surface area contributed by atoms with Crippen LogP contribution in [0.25, 0.3) is 10.2 Å². The first-order valence-corrected chi connectivity index (χ1v) is 12.9. The van der Waals surface area contributed by atoms with Crippen LogP contribution in [0.3, 0.4) is 0 Å². The van der Waals surface area contributed by atoms with Crippen LogP contribution < -0.4 is 20.7 Å². The Labute approximate surface area is 222 Å². The van der Waals surface area contributed by atoms with Gasteiger partial charge in [-0.15, -0.1) is 11.3 Å². The molecule has 0 radical (unpaired) electrons. The molecule has 1 aliphatic heterocycles. The van der Waals surface area contributed by atoms with E-state index in [1.165, 1.54) is 17.7 Å². The van der Waals surface area contributed by atoms with E-state index in [1.807, 2.05) is 31.2 Å². The number of fused-ring (bicyclic) bond motifs is 1. The first-order chi connectivity index (χ1) is 18.1. The van der Waals surface area contributed by atoms with Crippen molar-refractivity contribution in [3.8, 4) is 23.5 Å². The van der Waals surface area contributed by atoms with Gasteiger partial charge in [-0.25, -0.2) is 19.7 Å². The predicted octanol–water partition coefficient (Wildman–Crippen LogP) is 5.10. The number of alkyl carbamates (subject to hydrolysis) is 1. The second kappa shape index (κ2) is 11.4. The average molecular weight is 535 g/mol. The van der Waals surface area contributed by atoms with E-state index < -0.39 is 6.09 Å². The van der Waals surface area contributed by atoms with Crippen molar-refractivity contribution in [2.45, 2.75) is 25.5 Å². The Bertz CT molecular complexity index is 1470. The van der Waals surface area contributed by atoms with Crippen LogP contribution in [-0.2, 0) is 4.74 Å². The SMILES string of the molecule is CCNC(=O)OC1CNC(C#Cc2cc3ncnc(Nc4ccc(Oc5ccccn5)c(Cl)c4)c3s2)C1. The Morgan fingerprint density at radius 2 is 2.16 bits per heavy atom. The van der Waals surface area contributed by atoms with Crippen molar-refractivity contribution in [2.24, 2.45) is 0 Å². The average Bonchev–Trinajstić information content (AvgIpc) is 3.52. The third-order valence-electron chi connectivity index (χ3n) is 5.41. The van der Waals surface area contributed by atoms with Crippen LogP contribution in [0.1, 0.15) is 18.2 Å². The molecular formula is C26H23ClN6O3S. The molecule has 1 fully saturated rings. The largest absolute Gasteiger partial charge is 0.445 e. The molecule has 37 heavy (non-hydrogen) atoms. The molecule has 2 unspecified atom stereocenters. The summed E-state index contributed by atoms with van der Waals surface area (Å²) in [5.41, 5.74) is 1.55. The van der Waals surface area contributed by atoms with Crippen LogP contribution in [0.4, 0.5) is 16.3 Å². The molecule has 0 saturated carbocycles. The molecule has 3 aromatic heterocycles. The maximum Gasteiger partial charge on any atom is 0.407 e. The number of thiophene rings is 1. The zero-order chi connectivity index (χ0) is 25.6. The number of aromatic nitrogens is 3. The lowest BCUT2D eigenvalue weighted by Gasteiger charge is -2.10. The molecule has 1 aromatic carbocycles. The topological polar surface area (TPSA) is 110 Å². The van der Waals surface area contributed by atoms with Crippen molar-refractivity contribution in [2.75, 3.05) is 18.4 Å².